The van der Waals surface area contributed by atoms with Crippen LogP contribution in [0.3, 0.4) is 0 Å². The summed E-state index contributed by atoms with van der Waals surface area (Å²) in [5, 5.41) is 332. The van der Waals surface area contributed by atoms with Crippen molar-refractivity contribution in [3.8, 4) is 0 Å². The van der Waals surface area contributed by atoms with Crippen molar-refractivity contribution in [2.45, 2.75) is 340 Å². The average Bonchev–Trinajstić information content (AvgIpc) is 0.717. The van der Waals surface area contributed by atoms with Gasteiger partial charge in [-0.2, -0.15) is 0 Å². The fourth-order valence-corrected chi connectivity index (χ4v) is 16.6. The molecular weight excluding hydrogens is 1770 g/mol. The lowest BCUT2D eigenvalue weighted by atomic mass is 9.84. The molecule has 3 amide bonds. The second-order valence-electron chi connectivity index (χ2n) is 32.7. The van der Waals surface area contributed by atoms with Gasteiger partial charge in [0.25, 0.3) is 5.79 Å². The Kier molecular flexibility index (Phi) is 38.8. The van der Waals surface area contributed by atoms with Crippen LogP contribution in [0.15, 0.2) is 0 Å². The van der Waals surface area contributed by atoms with Crippen molar-refractivity contribution < 1.29 is 262 Å². The van der Waals surface area contributed by atoms with Gasteiger partial charge in [0.1, 0.15) is 232 Å². The van der Waals surface area contributed by atoms with Crippen LogP contribution in [0.5, 0.6) is 0 Å². The molecule has 0 aliphatic carbocycles. The lowest BCUT2D eigenvalue weighted by molar-refractivity contribution is -0.401. The Bertz CT molecular complexity index is 3480. The molecule has 10 rings (SSSR count). The summed E-state index contributed by atoms with van der Waals surface area (Å²) >= 11 is 0. The smallest absolute Gasteiger partial charge is 0.364 e. The van der Waals surface area contributed by atoms with Gasteiger partial charge in [0.15, 0.2) is 56.6 Å². The van der Waals surface area contributed by atoms with Gasteiger partial charge in [-0.05, 0) is 0 Å². The van der Waals surface area contributed by atoms with Crippen molar-refractivity contribution in [1.82, 2.24) is 16.0 Å². The molecule has 10 heterocycles. The Morgan fingerprint density at radius 1 is 0.357 bits per heavy atom. The summed E-state index contributed by atoms with van der Waals surface area (Å²) in [6.07, 6.45) is -100.0. The van der Waals surface area contributed by atoms with Gasteiger partial charge in [-0.1, -0.05) is 6.92 Å². The number of aliphatic carboxylic acids is 1. The minimum absolute atomic E-state index is 0.0929. The van der Waals surface area contributed by atoms with E-state index in [4.69, 9.17) is 100 Å². The molecule has 57 heteroatoms. The van der Waals surface area contributed by atoms with Crippen LogP contribution >= 0.6 is 0 Å². The van der Waals surface area contributed by atoms with E-state index in [1.54, 1.807) is 0 Å². The molecule has 0 aromatic heterocycles. The summed E-state index contributed by atoms with van der Waals surface area (Å²) in [7, 11) is 0. The molecular formula is C72H122N4O53. The van der Waals surface area contributed by atoms with Crippen molar-refractivity contribution in [3.05, 3.63) is 0 Å². The number of nitrogens with one attached hydrogen (secondary N) is 3. The zero-order valence-corrected chi connectivity index (χ0v) is 69.4. The molecule has 34 N–H and O–H groups in total. The minimum Gasteiger partial charge on any atom is -0.477 e. The number of carboxylic acids is 1. The summed E-state index contributed by atoms with van der Waals surface area (Å²) in [6.45, 7) is -7.53. The Morgan fingerprint density at radius 3 is 1.10 bits per heavy atom. The van der Waals surface area contributed by atoms with E-state index in [0.29, 0.717) is 0 Å². The Balaban J connectivity index is 0.978. The first-order valence-electron chi connectivity index (χ1n) is 41.3. The summed E-state index contributed by atoms with van der Waals surface area (Å²) < 4.78 is 118. The Morgan fingerprint density at radius 2 is 0.674 bits per heavy atom. The average molecular weight is 1890 g/mol. The largest absolute Gasteiger partial charge is 0.477 e. The number of carboxylic acid groups (broad SMARTS) is 1. The van der Waals surface area contributed by atoms with Crippen molar-refractivity contribution in [3.63, 3.8) is 0 Å². The van der Waals surface area contributed by atoms with Crippen LogP contribution in [0.2, 0.25) is 0 Å². The quantitative estimate of drug-likeness (QED) is 0.0275. The third-order valence-corrected chi connectivity index (χ3v) is 23.8. The van der Waals surface area contributed by atoms with E-state index >= 15 is 0 Å². The Hall–Kier alpha value is -4.08. The lowest BCUT2D eigenvalue weighted by Crippen LogP contribution is -2.71. The van der Waals surface area contributed by atoms with Gasteiger partial charge >= 0.3 is 5.97 Å². The summed E-state index contributed by atoms with van der Waals surface area (Å²) in [4.78, 5) is 52.1. The molecule has 10 aliphatic rings. The number of carbonyl (C=O) groups is 4. The van der Waals surface area contributed by atoms with Crippen LogP contribution in [0.25, 0.3) is 0 Å². The maximum atomic E-state index is 13.3. The van der Waals surface area contributed by atoms with Crippen LogP contribution in [0, 0.1) is 5.92 Å². The second kappa shape index (κ2) is 46.8. The standard InChI is InChI=1S/C72H122N4O53/c1-18-22(88)7-72(71(108)109,128-54(18)36(90)23(89)8-77)129-60-40(94)27(12-81)115-69(53(60)107)124-57-30(15-84)119-64(35(45(57)99)76-21(4)87)127-61-48(102)39(93)26(11-80)116-70(61)126-59-42(96)32(17-112-66-51(105)58(125-67-50(104)47(101)38(92)25(10-79)114-67)41(95)31(120-66)16-111-65-49(103)46(100)37(91)24(9-78)113-65)121-68(52(59)106)123-56-29(14-83)118-63(34(44(56)98)75-20(3)86)122-55-28(13-82)117-62(110-6-5-73)33(43(55)97)74-19(2)85/h18,22-70,77-84,88-107H,5-17,73H2,1-4H3,(H,74,85)(H,75,86)(H,76,87)(H,108,109)/t18-,22?,23-,24?,25?,26?,27?,28?,29?,30?,31?,32?,33?,34?,35?,36-,37-,38-,39-,40+,41-,42-,43-,44-,45-,46+,47?,48?,49?,50?,51?,52?,53?,54?,55-,56-,57-,58+,59+,60+,61?,62-,63+,64+,65+,66+,67-,68+,69+,70-,72+/m1/s1. The predicted octanol–water partition coefficient (Wildman–Crippen LogP) is -21.9. The maximum Gasteiger partial charge on any atom is 0.364 e. The molecule has 22 unspecified atom stereocenters. The number of carbonyl (C=O) groups excluding carboxylic acids is 3. The van der Waals surface area contributed by atoms with E-state index < -0.39 is 408 Å². The highest BCUT2D eigenvalue weighted by Gasteiger charge is 2.64. The topological polar surface area (TPSA) is 902 Å². The van der Waals surface area contributed by atoms with Crippen LogP contribution in [0.1, 0.15) is 34.1 Å². The van der Waals surface area contributed by atoms with Crippen LogP contribution in [0.4, 0.5) is 0 Å². The predicted molar refractivity (Wildman–Crippen MR) is 398 cm³/mol. The molecule has 10 aliphatic heterocycles. The van der Waals surface area contributed by atoms with Gasteiger partial charge in [0.05, 0.1) is 84.9 Å². The number of aliphatic hydroxyl groups excluding tert-OH is 28. The zero-order chi connectivity index (χ0) is 95.1. The summed E-state index contributed by atoms with van der Waals surface area (Å²) in [6, 6.07) is -5.59. The summed E-state index contributed by atoms with van der Waals surface area (Å²) in [5.41, 5.74) is 5.63. The normalized spacial score (nSPS) is 48.2. The maximum absolute atomic E-state index is 13.3. The molecule has 10 fully saturated rings. The van der Waals surface area contributed by atoms with Gasteiger partial charge in [-0.25, -0.2) is 4.79 Å². The van der Waals surface area contributed by atoms with E-state index in [1.165, 1.54) is 6.92 Å². The van der Waals surface area contributed by atoms with E-state index in [1.807, 2.05) is 0 Å². The highest BCUT2D eigenvalue weighted by Crippen LogP contribution is 2.43. The van der Waals surface area contributed by atoms with Crippen molar-refractivity contribution >= 4 is 23.7 Å². The van der Waals surface area contributed by atoms with Crippen LogP contribution in [-0.4, -0.2) is 557 Å². The van der Waals surface area contributed by atoms with Crippen molar-refractivity contribution in [2.75, 3.05) is 79.2 Å². The van der Waals surface area contributed by atoms with Crippen molar-refractivity contribution in [2.24, 2.45) is 11.7 Å². The zero-order valence-electron chi connectivity index (χ0n) is 69.4. The van der Waals surface area contributed by atoms with Gasteiger partial charge < -0.3 is 265 Å². The molecule has 10 saturated heterocycles. The second-order valence-corrected chi connectivity index (χ2v) is 32.7. The highest BCUT2D eigenvalue weighted by atomic mass is 16.8. The van der Waals surface area contributed by atoms with Gasteiger partial charge in [0.2, 0.25) is 17.7 Å². The monoisotopic (exact) mass is 1890 g/mol. The van der Waals surface area contributed by atoms with E-state index in [0.717, 1.165) is 20.8 Å². The first-order valence-corrected chi connectivity index (χ1v) is 41.3. The third-order valence-electron chi connectivity index (χ3n) is 23.8. The molecule has 0 saturated carbocycles. The van der Waals surface area contributed by atoms with E-state index in [9.17, 15) is 167 Å². The molecule has 0 aromatic carbocycles. The van der Waals surface area contributed by atoms with E-state index in [2.05, 4.69) is 16.0 Å². The molecule has 57 nitrogen and oxygen atoms in total. The fraction of sp³-hybridized carbons (Fsp3) is 0.944. The van der Waals surface area contributed by atoms with Gasteiger partial charge in [-0.15, -0.1) is 0 Å². The number of hydrogen-bond acceptors (Lipinski definition) is 53. The first kappa shape index (κ1) is 107. The molecule has 0 bridgehead atoms. The molecule has 0 radical (unpaired) electrons. The van der Waals surface area contributed by atoms with Crippen LogP contribution in [-0.2, 0) is 114 Å². The third kappa shape index (κ3) is 23.7. The number of amides is 3. The minimum atomic E-state index is -3.17. The number of nitrogens with two attached hydrogens (primary N) is 1. The molecule has 51 atom stereocenters. The van der Waals surface area contributed by atoms with Crippen molar-refractivity contribution in [1.29, 1.82) is 0 Å². The van der Waals surface area contributed by atoms with E-state index in [-0.39, 0.29) is 13.2 Å². The van der Waals surface area contributed by atoms with Gasteiger partial charge in [-0.3, -0.25) is 14.4 Å². The number of aliphatic hydroxyl groups is 28. The Labute approximate surface area is 731 Å². The number of hydrogen-bond donors (Lipinski definition) is 33. The molecule has 0 aromatic rings. The number of ether oxygens (including phenoxy) is 20. The SMILES string of the molecule is CC(=O)NC1[C@H](OCCN)OC(CO)[C@@H](O[C@@H]2OC(CO)[C@@H](O[C@@H]3OC(CO[C@H]4OC(CO[C@H]5OC(CO)[C@@H](O)[C@H](O)C5O)[C@@H](O)[C@H](O[C@H]5OC(CO)[C@@H](O)C(O)C5O)C4O)[C@@H](O)[C@H](O[C@H]4OC(CO)[C@@H](O)C(O)C4O[C@@H]4OC(CO)[C@@H](O[C@@H]5OC(CO)[C@H](O)[C@H](O[C@]6(C(=O)O)CC(O)[C@@H](C)C([C@H](O)[C@H](O)CO)O6)C5O)[C@H](O)C4NC(C)=O)C3O)[C@H](O)C2NC(C)=O)[C@@H]1O. The molecule has 129 heavy (non-hydrogen) atoms. The fourth-order valence-electron chi connectivity index (χ4n) is 16.6. The molecule has 0 spiro atoms. The lowest BCUT2D eigenvalue weighted by Gasteiger charge is -2.51. The van der Waals surface area contributed by atoms with Gasteiger partial charge in [0, 0.05) is 39.7 Å². The highest BCUT2D eigenvalue weighted by molar-refractivity contribution is 5.76. The summed E-state index contributed by atoms with van der Waals surface area (Å²) in [5.74, 6) is -9.20. The molecule has 748 valence electrons. The first-order chi connectivity index (χ1) is 61.0. The van der Waals surface area contributed by atoms with Crippen LogP contribution < -0.4 is 21.7 Å². The number of rotatable bonds is 37.